The van der Waals surface area contributed by atoms with Crippen LogP contribution in [0.2, 0.25) is 0 Å². The van der Waals surface area contributed by atoms with E-state index in [-0.39, 0.29) is 35.0 Å². The van der Waals surface area contributed by atoms with Crippen molar-refractivity contribution in [3.8, 4) is 0 Å². The van der Waals surface area contributed by atoms with Gasteiger partial charge in [0.1, 0.15) is 5.69 Å². The van der Waals surface area contributed by atoms with Gasteiger partial charge < -0.3 is 14.2 Å². The molecule has 1 saturated heterocycles. The molecular formula is C17H20N4O5. The lowest BCUT2D eigenvalue weighted by molar-refractivity contribution is -0.384. The number of nitro groups is 1. The molecule has 3 rings (SSSR count). The predicted molar refractivity (Wildman–Crippen MR) is 91.5 cm³/mol. The van der Waals surface area contributed by atoms with Crippen molar-refractivity contribution in [2.75, 3.05) is 18.0 Å². The third-order valence-electron chi connectivity index (χ3n) is 4.41. The predicted octanol–water partition coefficient (Wildman–Crippen LogP) is 2.50. The average Bonchev–Trinajstić information content (AvgIpc) is 3.14. The molecule has 2 heterocycles. The maximum Gasteiger partial charge on any atom is 0.309 e. The van der Waals surface area contributed by atoms with E-state index in [0.717, 1.165) is 0 Å². The number of ether oxygens (including phenoxy) is 1. The number of esters is 1. The van der Waals surface area contributed by atoms with Crippen LogP contribution in [-0.2, 0) is 22.6 Å². The van der Waals surface area contributed by atoms with Crippen molar-refractivity contribution in [2.24, 2.45) is 5.92 Å². The van der Waals surface area contributed by atoms with Gasteiger partial charge in [-0.05, 0) is 18.9 Å². The standard InChI is InChI=1S/C17H20N4O5/c1-2-15-18-16(26-19-15)11-25-17(22)12-7-9-20(10-8-12)13-5-3-4-6-14(13)21(23)24/h3-6,12H,2,7-11H2,1H3. The van der Waals surface area contributed by atoms with Crippen LogP contribution >= 0.6 is 0 Å². The normalized spacial score (nSPS) is 15.0. The Bertz CT molecular complexity index is 783. The van der Waals surface area contributed by atoms with E-state index < -0.39 is 0 Å². The van der Waals surface area contributed by atoms with E-state index in [4.69, 9.17) is 9.26 Å². The molecule has 26 heavy (non-hydrogen) atoms. The van der Waals surface area contributed by atoms with Crippen LogP contribution in [0.1, 0.15) is 31.5 Å². The van der Waals surface area contributed by atoms with E-state index in [1.54, 1.807) is 18.2 Å². The van der Waals surface area contributed by atoms with Crippen molar-refractivity contribution in [1.82, 2.24) is 10.1 Å². The number of piperidine rings is 1. The molecule has 0 aliphatic carbocycles. The van der Waals surface area contributed by atoms with Gasteiger partial charge in [-0.2, -0.15) is 4.98 Å². The smallest absolute Gasteiger partial charge is 0.309 e. The molecule has 1 aliphatic rings. The van der Waals surface area contributed by atoms with Crippen LogP contribution in [0.3, 0.4) is 0 Å². The lowest BCUT2D eigenvalue weighted by atomic mass is 9.96. The number of aryl methyl sites for hydroxylation is 1. The fourth-order valence-electron chi connectivity index (χ4n) is 2.99. The van der Waals surface area contributed by atoms with Gasteiger partial charge >= 0.3 is 5.97 Å². The van der Waals surface area contributed by atoms with Crippen LogP contribution in [0, 0.1) is 16.0 Å². The first-order valence-electron chi connectivity index (χ1n) is 8.55. The number of carbonyl (C=O) groups excluding carboxylic acids is 1. The number of aromatic nitrogens is 2. The van der Waals surface area contributed by atoms with E-state index in [1.165, 1.54) is 6.07 Å². The van der Waals surface area contributed by atoms with Crippen LogP contribution in [0.4, 0.5) is 11.4 Å². The molecule has 0 saturated carbocycles. The minimum atomic E-state index is -0.384. The molecule has 0 radical (unpaired) electrons. The minimum absolute atomic E-state index is 0.0315. The molecule has 0 N–H and O–H groups in total. The lowest BCUT2D eigenvalue weighted by Crippen LogP contribution is -2.37. The highest BCUT2D eigenvalue weighted by Gasteiger charge is 2.29. The highest BCUT2D eigenvalue weighted by molar-refractivity contribution is 5.73. The number of nitrogens with zero attached hydrogens (tertiary/aromatic N) is 4. The number of carbonyl (C=O) groups is 1. The second-order valence-corrected chi connectivity index (χ2v) is 6.07. The molecule has 1 fully saturated rings. The quantitative estimate of drug-likeness (QED) is 0.439. The Morgan fingerprint density at radius 2 is 2.12 bits per heavy atom. The fraction of sp³-hybridized carbons (Fsp3) is 0.471. The number of rotatable bonds is 6. The van der Waals surface area contributed by atoms with Gasteiger partial charge in [-0.15, -0.1) is 0 Å². The Morgan fingerprint density at radius 3 is 2.77 bits per heavy atom. The summed E-state index contributed by atoms with van der Waals surface area (Å²) in [6.07, 6.45) is 1.81. The molecule has 9 nitrogen and oxygen atoms in total. The zero-order valence-corrected chi connectivity index (χ0v) is 14.5. The topological polar surface area (TPSA) is 112 Å². The molecule has 0 atom stereocenters. The third-order valence-corrected chi connectivity index (χ3v) is 4.41. The lowest BCUT2D eigenvalue weighted by Gasteiger charge is -2.32. The maximum atomic E-state index is 12.2. The summed E-state index contributed by atoms with van der Waals surface area (Å²) in [7, 11) is 0. The highest BCUT2D eigenvalue weighted by atomic mass is 16.6. The van der Waals surface area contributed by atoms with Crippen LogP contribution in [0.15, 0.2) is 28.8 Å². The molecule has 138 valence electrons. The van der Waals surface area contributed by atoms with Gasteiger partial charge in [0.05, 0.1) is 10.8 Å². The van der Waals surface area contributed by atoms with Crippen molar-refractivity contribution in [3.63, 3.8) is 0 Å². The number of nitro benzene ring substituents is 1. The zero-order chi connectivity index (χ0) is 18.5. The number of hydrogen-bond donors (Lipinski definition) is 0. The van der Waals surface area contributed by atoms with Crippen LogP contribution < -0.4 is 4.90 Å². The molecule has 1 aliphatic heterocycles. The molecule has 0 bridgehead atoms. The molecule has 0 amide bonds. The Morgan fingerprint density at radius 1 is 1.38 bits per heavy atom. The van der Waals surface area contributed by atoms with Crippen molar-refractivity contribution in [2.45, 2.75) is 32.8 Å². The summed E-state index contributed by atoms with van der Waals surface area (Å²) < 4.78 is 10.3. The van der Waals surface area contributed by atoms with Crippen molar-refractivity contribution in [1.29, 1.82) is 0 Å². The van der Waals surface area contributed by atoms with E-state index >= 15 is 0 Å². The van der Waals surface area contributed by atoms with Gasteiger partial charge in [0, 0.05) is 25.6 Å². The number of anilines is 1. The second-order valence-electron chi connectivity index (χ2n) is 6.07. The van der Waals surface area contributed by atoms with E-state index in [2.05, 4.69) is 10.1 Å². The van der Waals surface area contributed by atoms with Crippen molar-refractivity contribution < 1.29 is 19.0 Å². The summed E-state index contributed by atoms with van der Waals surface area (Å²) >= 11 is 0. The molecule has 0 unspecified atom stereocenters. The summed E-state index contributed by atoms with van der Waals surface area (Å²) in [6, 6.07) is 6.65. The van der Waals surface area contributed by atoms with Gasteiger partial charge in [-0.25, -0.2) is 0 Å². The van der Waals surface area contributed by atoms with Crippen molar-refractivity contribution in [3.05, 3.63) is 46.1 Å². The Hall–Kier alpha value is -2.97. The largest absolute Gasteiger partial charge is 0.455 e. The first-order valence-corrected chi connectivity index (χ1v) is 8.55. The minimum Gasteiger partial charge on any atom is -0.455 e. The summed E-state index contributed by atoms with van der Waals surface area (Å²) in [5.41, 5.74) is 0.666. The summed E-state index contributed by atoms with van der Waals surface area (Å²) in [4.78, 5) is 29.0. The highest BCUT2D eigenvalue weighted by Crippen LogP contribution is 2.31. The zero-order valence-electron chi connectivity index (χ0n) is 14.5. The SMILES string of the molecule is CCc1noc(COC(=O)C2CCN(c3ccccc3[N+](=O)[O-])CC2)n1. The molecule has 9 heteroatoms. The van der Waals surface area contributed by atoms with Gasteiger partial charge in [0.25, 0.3) is 11.6 Å². The van der Waals surface area contributed by atoms with E-state index in [9.17, 15) is 14.9 Å². The summed E-state index contributed by atoms with van der Waals surface area (Å²) in [5, 5.41) is 14.9. The van der Waals surface area contributed by atoms with Crippen LogP contribution in [-0.4, -0.2) is 34.1 Å². The van der Waals surface area contributed by atoms with Crippen LogP contribution in [0.25, 0.3) is 0 Å². The summed E-state index contributed by atoms with van der Waals surface area (Å²) in [6.45, 7) is 3.00. The monoisotopic (exact) mass is 360 g/mol. The van der Waals surface area contributed by atoms with Crippen molar-refractivity contribution >= 4 is 17.3 Å². The first-order chi connectivity index (χ1) is 12.6. The van der Waals surface area contributed by atoms with Crippen LogP contribution in [0.5, 0.6) is 0 Å². The molecule has 1 aromatic heterocycles. The second kappa shape index (κ2) is 7.94. The van der Waals surface area contributed by atoms with Gasteiger partial charge in [-0.3, -0.25) is 14.9 Å². The Balaban J connectivity index is 1.53. The number of para-hydroxylation sites is 2. The average molecular weight is 360 g/mol. The van der Waals surface area contributed by atoms with Gasteiger partial charge in [0.15, 0.2) is 12.4 Å². The van der Waals surface area contributed by atoms with E-state index in [0.29, 0.717) is 43.9 Å². The van der Waals surface area contributed by atoms with E-state index in [1.807, 2.05) is 11.8 Å². The van der Waals surface area contributed by atoms with Gasteiger partial charge in [0.2, 0.25) is 0 Å². The Kier molecular flexibility index (Phi) is 5.45. The third kappa shape index (κ3) is 3.98. The number of hydrogen-bond acceptors (Lipinski definition) is 8. The molecular weight excluding hydrogens is 340 g/mol. The Labute approximate surface area is 150 Å². The molecule has 2 aromatic rings. The number of benzene rings is 1. The molecule has 0 spiro atoms. The summed E-state index contributed by atoms with van der Waals surface area (Å²) in [5.74, 6) is 0.326. The molecule has 1 aromatic carbocycles. The first kappa shape index (κ1) is 17.8. The fourth-order valence-corrected chi connectivity index (χ4v) is 2.99. The maximum absolute atomic E-state index is 12.2. The van der Waals surface area contributed by atoms with Gasteiger partial charge in [-0.1, -0.05) is 24.2 Å².